The van der Waals surface area contributed by atoms with Crippen molar-refractivity contribution in [1.82, 2.24) is 4.90 Å². The molecule has 0 aromatic carbocycles. The molecule has 0 heterocycles. The predicted molar refractivity (Wildman–Crippen MR) is 39.5 cm³/mol. The van der Waals surface area contributed by atoms with E-state index in [2.05, 4.69) is 25.7 Å². The van der Waals surface area contributed by atoms with Gasteiger partial charge >= 0.3 is 18.6 Å². The van der Waals surface area contributed by atoms with Crippen LogP contribution in [0, 0.1) is 14.4 Å². The number of rotatable bonds is 1. The maximum absolute atomic E-state index is 3.90. The second-order valence-corrected chi connectivity index (χ2v) is 2.71. The zero-order chi connectivity index (χ0) is 6.08. The zero-order valence-electron chi connectivity index (χ0n) is 7.10. The van der Waals surface area contributed by atoms with Gasteiger partial charge in [0.1, 0.15) is 0 Å². The molecule has 55 valence electrons. The Bertz CT molecular complexity index is 54.4. The summed E-state index contributed by atoms with van der Waals surface area (Å²) in [4.78, 5) is 2.08. The van der Waals surface area contributed by atoms with Crippen LogP contribution < -0.4 is 0 Å². The van der Waals surface area contributed by atoms with E-state index in [1.807, 2.05) is 14.1 Å². The van der Waals surface area contributed by atoms with Gasteiger partial charge in [0.15, 0.2) is 0 Å². The molecule has 0 saturated carbocycles. The Morgan fingerprint density at radius 1 is 1.22 bits per heavy atom. The molecule has 9 heavy (non-hydrogen) atoms. The van der Waals surface area contributed by atoms with E-state index in [1.54, 1.807) is 0 Å². The molecule has 0 N–H and O–H groups in total. The molecule has 1 nitrogen and oxygen atoms in total. The minimum atomic E-state index is 0. The topological polar surface area (TPSA) is 3.24 Å². The Morgan fingerprint density at radius 3 is 1.33 bits per heavy atom. The summed E-state index contributed by atoms with van der Waals surface area (Å²) in [6.45, 7) is 8.05. The van der Waals surface area contributed by atoms with Crippen LogP contribution >= 0.6 is 0 Å². The molecule has 0 atom stereocenters. The Morgan fingerprint density at radius 2 is 1.33 bits per heavy atom. The summed E-state index contributed by atoms with van der Waals surface area (Å²) >= 11 is 0. The largest absolute Gasteiger partial charge is 2.00 e. The van der Waals surface area contributed by atoms with Gasteiger partial charge in [-0.1, -0.05) is 13.8 Å². The van der Waals surface area contributed by atoms with E-state index in [0.29, 0.717) is 0 Å². The van der Waals surface area contributed by atoms with Crippen LogP contribution in [0.3, 0.4) is 0 Å². The maximum Gasteiger partial charge on any atom is 2.00 e. The van der Waals surface area contributed by atoms with Gasteiger partial charge in [-0.05, 0) is 14.1 Å². The minimum Gasteiger partial charge on any atom is -0.358 e. The number of hydrogen-bond donors (Lipinski definition) is 0. The predicted octanol–water partition coefficient (Wildman–Crippen LogP) is 1.61. The third-order valence-corrected chi connectivity index (χ3v) is 1.21. The standard InChI is InChI=1S/C6H14N.CH3.V/c1-6(2,3)7(4)5;;/h1H2,2-5H3;1H3;/q2*-1;+2. The average molecular weight is 166 g/mol. The average Bonchev–Trinajstić information content (AvgIpc) is 1.31. The molecule has 0 unspecified atom stereocenters. The van der Waals surface area contributed by atoms with Crippen molar-refractivity contribution in [2.45, 2.75) is 19.4 Å². The van der Waals surface area contributed by atoms with Crippen LogP contribution in [0.2, 0.25) is 0 Å². The molecular formula is C7H17NV. The molecule has 2 heteroatoms. The van der Waals surface area contributed by atoms with Crippen molar-refractivity contribution in [3.05, 3.63) is 14.4 Å². The minimum absolute atomic E-state index is 0. The van der Waals surface area contributed by atoms with Crippen molar-refractivity contribution in [2.75, 3.05) is 14.1 Å². The first-order valence-corrected chi connectivity index (χ1v) is 2.47. The van der Waals surface area contributed by atoms with Gasteiger partial charge in [-0.15, -0.1) is 5.54 Å². The fourth-order valence-electron chi connectivity index (χ4n) is 0. The van der Waals surface area contributed by atoms with Crippen molar-refractivity contribution >= 4 is 0 Å². The molecular weight excluding hydrogens is 149 g/mol. The van der Waals surface area contributed by atoms with Gasteiger partial charge in [-0.25, -0.2) is 0 Å². The van der Waals surface area contributed by atoms with Crippen molar-refractivity contribution in [3.8, 4) is 0 Å². The van der Waals surface area contributed by atoms with E-state index in [0.717, 1.165) is 0 Å². The van der Waals surface area contributed by atoms with Gasteiger partial charge in [0.2, 0.25) is 0 Å². The smallest absolute Gasteiger partial charge is 0.358 e. The second kappa shape index (κ2) is 5.34. The fraction of sp³-hybridized carbons (Fsp3) is 0.714. The number of nitrogens with zero attached hydrogens (tertiary/aromatic N) is 1. The molecule has 0 aromatic rings. The molecule has 0 spiro atoms. The zero-order valence-corrected chi connectivity index (χ0v) is 8.50. The molecule has 0 bridgehead atoms. The van der Waals surface area contributed by atoms with Gasteiger partial charge in [0, 0.05) is 0 Å². The third-order valence-electron chi connectivity index (χ3n) is 1.21. The first-order chi connectivity index (χ1) is 2.94. The Kier molecular flexibility index (Phi) is 9.65. The van der Waals surface area contributed by atoms with Crippen LogP contribution in [0.1, 0.15) is 13.8 Å². The van der Waals surface area contributed by atoms with Gasteiger partial charge < -0.3 is 19.3 Å². The fourth-order valence-corrected chi connectivity index (χ4v) is 0. The second-order valence-electron chi connectivity index (χ2n) is 2.71. The van der Waals surface area contributed by atoms with Gasteiger partial charge in [0.05, 0.1) is 0 Å². The van der Waals surface area contributed by atoms with Gasteiger partial charge in [0.25, 0.3) is 0 Å². The summed E-state index contributed by atoms with van der Waals surface area (Å²) in [5.74, 6) is 0. The Labute approximate surface area is 71.7 Å². The van der Waals surface area contributed by atoms with Crippen LogP contribution in [-0.4, -0.2) is 24.5 Å². The van der Waals surface area contributed by atoms with Crippen molar-refractivity contribution in [3.63, 3.8) is 0 Å². The molecule has 1 radical (unpaired) electrons. The summed E-state index contributed by atoms with van der Waals surface area (Å²) in [7, 11) is 4.04. The molecule has 0 aliphatic carbocycles. The maximum atomic E-state index is 3.90. The van der Waals surface area contributed by atoms with E-state index < -0.39 is 0 Å². The van der Waals surface area contributed by atoms with Crippen LogP contribution in [0.4, 0.5) is 0 Å². The van der Waals surface area contributed by atoms with Crippen molar-refractivity contribution in [1.29, 1.82) is 0 Å². The normalized spacial score (nSPS) is 10.0. The van der Waals surface area contributed by atoms with Crippen LogP contribution in [0.15, 0.2) is 0 Å². The van der Waals surface area contributed by atoms with E-state index in [9.17, 15) is 0 Å². The van der Waals surface area contributed by atoms with Gasteiger partial charge in [-0.2, -0.15) is 0 Å². The Hall–Kier alpha value is 0.544. The van der Waals surface area contributed by atoms with E-state index in [4.69, 9.17) is 0 Å². The molecule has 0 aliphatic heterocycles. The van der Waals surface area contributed by atoms with E-state index in [1.165, 1.54) is 0 Å². The molecule has 0 fully saturated rings. The summed E-state index contributed by atoms with van der Waals surface area (Å²) in [5, 5.41) is 0. The number of hydrogen-bond acceptors (Lipinski definition) is 1. The monoisotopic (exact) mass is 166 g/mol. The molecule has 0 aromatic heterocycles. The Balaban J connectivity index is -0.000000180. The van der Waals surface area contributed by atoms with Crippen molar-refractivity contribution < 1.29 is 18.6 Å². The summed E-state index contributed by atoms with van der Waals surface area (Å²) in [5.41, 5.74) is 0.0833. The van der Waals surface area contributed by atoms with Crippen molar-refractivity contribution in [2.24, 2.45) is 0 Å². The van der Waals surface area contributed by atoms with Crippen LogP contribution in [0.25, 0.3) is 0 Å². The first-order valence-electron chi connectivity index (χ1n) is 2.47. The molecule has 0 aliphatic rings. The molecule has 0 amide bonds. The van der Waals surface area contributed by atoms with Gasteiger partial charge in [-0.3, -0.25) is 0 Å². The molecule has 0 rings (SSSR count). The van der Waals surface area contributed by atoms with E-state index >= 15 is 0 Å². The first kappa shape index (κ1) is 16.3. The third kappa shape index (κ3) is 8.54. The summed E-state index contributed by atoms with van der Waals surface area (Å²) < 4.78 is 0. The summed E-state index contributed by atoms with van der Waals surface area (Å²) in [6, 6.07) is 0. The summed E-state index contributed by atoms with van der Waals surface area (Å²) in [6.07, 6.45) is 0. The molecule has 0 saturated heterocycles. The van der Waals surface area contributed by atoms with E-state index in [-0.39, 0.29) is 31.5 Å². The quantitative estimate of drug-likeness (QED) is 0.535. The SMILES string of the molecule is [CH2-]C(C)(C)N(C)C.[CH3-].[V+2]. The van der Waals surface area contributed by atoms with Crippen LogP contribution in [-0.2, 0) is 18.6 Å². The van der Waals surface area contributed by atoms with Crippen LogP contribution in [0.5, 0.6) is 0 Å².